The number of hydrogen-bond donors (Lipinski definition) is 1. The summed E-state index contributed by atoms with van der Waals surface area (Å²) in [7, 11) is 1.47. The second-order valence-electron chi connectivity index (χ2n) is 4.56. The van der Waals surface area contributed by atoms with Crippen LogP contribution in [0.5, 0.6) is 5.75 Å². The maximum absolute atomic E-state index is 12.1. The van der Waals surface area contributed by atoms with Gasteiger partial charge in [0.25, 0.3) is 0 Å². The smallest absolute Gasteiger partial charge is 0.247 e. The van der Waals surface area contributed by atoms with Gasteiger partial charge < -0.3 is 15.0 Å². The molecule has 1 fully saturated rings. The molecule has 6 nitrogen and oxygen atoms in total. The van der Waals surface area contributed by atoms with Crippen molar-refractivity contribution in [3.8, 4) is 11.8 Å². The highest BCUT2D eigenvalue weighted by Gasteiger charge is 2.36. The average molecular weight is 285 g/mol. The van der Waals surface area contributed by atoms with Crippen LogP contribution in [0, 0.1) is 11.3 Å². The van der Waals surface area contributed by atoms with Gasteiger partial charge in [-0.15, -0.1) is 0 Å². The number of methoxy groups -OCH3 is 1. The lowest BCUT2D eigenvalue weighted by molar-refractivity contribution is -0.141. The van der Waals surface area contributed by atoms with Crippen molar-refractivity contribution in [1.82, 2.24) is 4.90 Å². The minimum atomic E-state index is -0.483. The van der Waals surface area contributed by atoms with Crippen LogP contribution in [0.1, 0.15) is 12.0 Å². The molecule has 21 heavy (non-hydrogen) atoms. The molecule has 1 aromatic rings. The van der Waals surface area contributed by atoms with Gasteiger partial charge in [0.15, 0.2) is 0 Å². The van der Waals surface area contributed by atoms with Crippen molar-refractivity contribution in [1.29, 1.82) is 5.26 Å². The van der Waals surface area contributed by atoms with Crippen LogP contribution in [0.15, 0.2) is 30.9 Å². The predicted octanol–water partition coefficient (Wildman–Crippen LogP) is 1.29. The third-order valence-corrected chi connectivity index (χ3v) is 3.37. The number of benzene rings is 1. The third kappa shape index (κ3) is 2.87. The van der Waals surface area contributed by atoms with Gasteiger partial charge in [0.05, 0.1) is 12.7 Å². The molecule has 1 heterocycles. The van der Waals surface area contributed by atoms with E-state index in [-0.39, 0.29) is 11.8 Å². The van der Waals surface area contributed by atoms with E-state index < -0.39 is 6.04 Å². The minimum absolute atomic E-state index is 0.256. The van der Waals surface area contributed by atoms with Crippen LogP contribution < -0.4 is 10.1 Å². The lowest BCUT2D eigenvalue weighted by Gasteiger charge is -2.39. The highest BCUT2D eigenvalue weighted by Crippen LogP contribution is 2.24. The van der Waals surface area contributed by atoms with Gasteiger partial charge in [-0.1, -0.05) is 6.58 Å². The molecule has 1 unspecified atom stereocenters. The van der Waals surface area contributed by atoms with Crippen molar-refractivity contribution >= 4 is 17.5 Å². The standard InChI is InChI=1S/C15H15N3O3/c1-3-14(19)18-7-6-12(18)15(20)17-11-4-5-13(21-2)10(8-11)9-16/h3-5,8,12H,1,6-7H2,2H3,(H,17,20). The number of rotatable bonds is 4. The summed E-state index contributed by atoms with van der Waals surface area (Å²) >= 11 is 0. The molecule has 1 N–H and O–H groups in total. The van der Waals surface area contributed by atoms with Crippen molar-refractivity contribution in [2.75, 3.05) is 19.0 Å². The van der Waals surface area contributed by atoms with Gasteiger partial charge in [-0.25, -0.2) is 0 Å². The van der Waals surface area contributed by atoms with E-state index in [1.165, 1.54) is 24.2 Å². The minimum Gasteiger partial charge on any atom is -0.495 e. The van der Waals surface area contributed by atoms with Gasteiger partial charge in [0, 0.05) is 12.2 Å². The normalized spacial score (nSPS) is 16.4. The Morgan fingerprint density at radius 3 is 2.86 bits per heavy atom. The number of nitrogens with one attached hydrogen (secondary N) is 1. The van der Waals surface area contributed by atoms with Gasteiger partial charge in [0.1, 0.15) is 17.9 Å². The Kier molecular flexibility index (Phi) is 4.24. The van der Waals surface area contributed by atoms with Crippen LogP contribution >= 0.6 is 0 Å². The second-order valence-corrected chi connectivity index (χ2v) is 4.56. The summed E-state index contributed by atoms with van der Waals surface area (Å²) in [6, 6.07) is 6.31. The maximum atomic E-state index is 12.1. The molecule has 0 saturated carbocycles. The van der Waals surface area contributed by atoms with Gasteiger partial charge in [0.2, 0.25) is 11.8 Å². The zero-order valence-electron chi connectivity index (χ0n) is 11.6. The lowest BCUT2D eigenvalue weighted by Crippen LogP contribution is -2.56. The zero-order chi connectivity index (χ0) is 15.4. The Morgan fingerprint density at radius 1 is 1.57 bits per heavy atom. The molecule has 1 atom stereocenters. The number of nitriles is 1. The average Bonchev–Trinajstić information content (AvgIpc) is 2.45. The second kappa shape index (κ2) is 6.09. The van der Waals surface area contributed by atoms with E-state index >= 15 is 0 Å². The van der Waals surface area contributed by atoms with E-state index in [4.69, 9.17) is 10.00 Å². The number of carbonyl (C=O) groups excluding carboxylic acids is 2. The Bertz CT molecular complexity index is 634. The monoisotopic (exact) mass is 285 g/mol. The van der Waals surface area contributed by atoms with Crippen molar-refractivity contribution < 1.29 is 14.3 Å². The molecule has 2 amide bonds. The Labute approximate surface area is 122 Å². The van der Waals surface area contributed by atoms with Crippen LogP contribution in [0.4, 0.5) is 5.69 Å². The first-order valence-electron chi connectivity index (χ1n) is 6.42. The molecule has 0 radical (unpaired) electrons. The Balaban J connectivity index is 2.08. The van der Waals surface area contributed by atoms with Crippen LogP contribution in [0.3, 0.4) is 0 Å². The molecule has 0 bridgehead atoms. The first-order valence-corrected chi connectivity index (χ1v) is 6.42. The summed E-state index contributed by atoms with van der Waals surface area (Å²) in [6.07, 6.45) is 1.81. The van der Waals surface area contributed by atoms with Crippen molar-refractivity contribution in [2.45, 2.75) is 12.5 Å². The van der Waals surface area contributed by atoms with E-state index in [1.54, 1.807) is 12.1 Å². The van der Waals surface area contributed by atoms with Gasteiger partial charge >= 0.3 is 0 Å². The Morgan fingerprint density at radius 2 is 2.33 bits per heavy atom. The fourth-order valence-electron chi connectivity index (χ4n) is 2.14. The van der Waals surface area contributed by atoms with E-state index in [1.807, 2.05) is 6.07 Å². The highest BCUT2D eigenvalue weighted by molar-refractivity contribution is 6.00. The highest BCUT2D eigenvalue weighted by atomic mass is 16.5. The molecule has 1 saturated heterocycles. The number of hydrogen-bond acceptors (Lipinski definition) is 4. The number of anilines is 1. The van der Waals surface area contributed by atoms with Crippen molar-refractivity contribution in [3.63, 3.8) is 0 Å². The SMILES string of the molecule is C=CC(=O)N1CCC1C(=O)Nc1ccc(OC)c(C#N)c1. The van der Waals surface area contributed by atoms with Crippen molar-refractivity contribution in [2.24, 2.45) is 0 Å². The van der Waals surface area contributed by atoms with Gasteiger partial charge in [-0.3, -0.25) is 9.59 Å². The number of amides is 2. The van der Waals surface area contributed by atoms with Crippen LogP contribution in [0.25, 0.3) is 0 Å². The summed E-state index contributed by atoms with van der Waals surface area (Å²) < 4.78 is 5.04. The molecule has 2 rings (SSSR count). The molecule has 0 aliphatic carbocycles. The molecule has 108 valence electrons. The fourth-order valence-corrected chi connectivity index (χ4v) is 2.14. The molecule has 1 aliphatic rings. The fraction of sp³-hybridized carbons (Fsp3) is 0.267. The lowest BCUT2D eigenvalue weighted by atomic mass is 10.0. The molecule has 1 aliphatic heterocycles. The molecule has 1 aromatic carbocycles. The predicted molar refractivity (Wildman–Crippen MR) is 76.7 cm³/mol. The number of nitrogens with zero attached hydrogens (tertiary/aromatic N) is 2. The molecular weight excluding hydrogens is 270 g/mol. The van der Waals surface area contributed by atoms with Crippen LogP contribution in [-0.4, -0.2) is 36.4 Å². The molecule has 0 spiro atoms. The van der Waals surface area contributed by atoms with Gasteiger partial charge in [-0.2, -0.15) is 5.26 Å². The summed E-state index contributed by atoms with van der Waals surface area (Å²) in [5.74, 6) is -0.0815. The van der Waals surface area contributed by atoms with E-state index in [0.29, 0.717) is 30.0 Å². The van der Waals surface area contributed by atoms with Crippen LogP contribution in [-0.2, 0) is 9.59 Å². The number of ether oxygens (including phenoxy) is 1. The topological polar surface area (TPSA) is 82.4 Å². The maximum Gasteiger partial charge on any atom is 0.247 e. The van der Waals surface area contributed by atoms with Crippen LogP contribution in [0.2, 0.25) is 0 Å². The third-order valence-electron chi connectivity index (χ3n) is 3.37. The van der Waals surface area contributed by atoms with E-state index in [2.05, 4.69) is 11.9 Å². The van der Waals surface area contributed by atoms with E-state index in [9.17, 15) is 9.59 Å². The molecule has 6 heteroatoms. The summed E-state index contributed by atoms with van der Waals surface area (Å²) in [5, 5.41) is 11.7. The first kappa shape index (κ1) is 14.6. The molecular formula is C15H15N3O3. The Hall–Kier alpha value is -2.81. The molecule has 0 aromatic heterocycles. The van der Waals surface area contributed by atoms with Gasteiger partial charge in [-0.05, 0) is 30.7 Å². The quantitative estimate of drug-likeness (QED) is 0.845. The summed E-state index contributed by atoms with van der Waals surface area (Å²) in [5.41, 5.74) is 0.832. The number of likely N-dealkylation sites (tertiary alicyclic amines) is 1. The zero-order valence-corrected chi connectivity index (χ0v) is 11.6. The summed E-state index contributed by atoms with van der Waals surface area (Å²) in [6.45, 7) is 3.96. The first-order chi connectivity index (χ1) is 10.1. The van der Waals surface area contributed by atoms with E-state index in [0.717, 1.165) is 0 Å². The van der Waals surface area contributed by atoms with Crippen molar-refractivity contribution in [3.05, 3.63) is 36.4 Å². The summed E-state index contributed by atoms with van der Waals surface area (Å²) in [4.78, 5) is 25.1. The number of carbonyl (C=O) groups is 2. The largest absolute Gasteiger partial charge is 0.495 e.